The molecule has 18 heavy (non-hydrogen) atoms. The van der Waals surface area contributed by atoms with Gasteiger partial charge in [0.15, 0.2) is 5.82 Å². The SMILES string of the molecule is Cc1ccc(F)c(Nc2ccc(C#N)cc2)c1F. The van der Waals surface area contributed by atoms with Crippen molar-refractivity contribution < 1.29 is 8.78 Å². The molecule has 1 N–H and O–H groups in total. The van der Waals surface area contributed by atoms with E-state index < -0.39 is 11.6 Å². The number of nitrogens with one attached hydrogen (secondary N) is 1. The molecule has 0 bridgehead atoms. The maximum absolute atomic E-state index is 13.7. The lowest BCUT2D eigenvalue weighted by atomic mass is 10.1. The minimum absolute atomic E-state index is 0.181. The molecular weight excluding hydrogens is 234 g/mol. The molecule has 0 fully saturated rings. The van der Waals surface area contributed by atoms with Crippen molar-refractivity contribution in [2.45, 2.75) is 6.92 Å². The minimum Gasteiger partial charge on any atom is -0.351 e. The van der Waals surface area contributed by atoms with Crippen LogP contribution in [0.5, 0.6) is 0 Å². The zero-order valence-electron chi connectivity index (χ0n) is 9.67. The van der Waals surface area contributed by atoms with Gasteiger partial charge in [-0.15, -0.1) is 0 Å². The summed E-state index contributed by atoms with van der Waals surface area (Å²) >= 11 is 0. The molecule has 0 amide bonds. The topological polar surface area (TPSA) is 35.8 Å². The highest BCUT2D eigenvalue weighted by Gasteiger charge is 2.11. The fraction of sp³-hybridized carbons (Fsp3) is 0.0714. The first kappa shape index (κ1) is 12.1. The summed E-state index contributed by atoms with van der Waals surface area (Å²) in [5.41, 5.74) is 1.20. The van der Waals surface area contributed by atoms with Crippen molar-refractivity contribution >= 4 is 11.4 Å². The van der Waals surface area contributed by atoms with E-state index in [0.29, 0.717) is 16.8 Å². The summed E-state index contributed by atoms with van der Waals surface area (Å²) in [5, 5.41) is 11.3. The van der Waals surface area contributed by atoms with Crippen LogP contribution in [0.3, 0.4) is 0 Å². The summed E-state index contributed by atoms with van der Waals surface area (Å²) in [4.78, 5) is 0. The van der Waals surface area contributed by atoms with E-state index >= 15 is 0 Å². The van der Waals surface area contributed by atoms with Gasteiger partial charge in [0.2, 0.25) is 0 Å². The Morgan fingerprint density at radius 1 is 1.06 bits per heavy atom. The Kier molecular flexibility index (Phi) is 3.24. The Labute approximate surface area is 103 Å². The average Bonchev–Trinajstić information content (AvgIpc) is 2.40. The van der Waals surface area contributed by atoms with E-state index in [0.717, 1.165) is 0 Å². The normalized spacial score (nSPS) is 9.89. The number of anilines is 2. The number of rotatable bonds is 2. The van der Waals surface area contributed by atoms with Crippen LogP contribution in [0.1, 0.15) is 11.1 Å². The quantitative estimate of drug-likeness (QED) is 0.869. The third kappa shape index (κ3) is 2.30. The van der Waals surface area contributed by atoms with Crippen LogP contribution in [0.4, 0.5) is 20.2 Å². The van der Waals surface area contributed by atoms with Crippen LogP contribution in [0.25, 0.3) is 0 Å². The molecular formula is C14H10F2N2. The van der Waals surface area contributed by atoms with Crippen LogP contribution in [0.2, 0.25) is 0 Å². The fourth-order valence-electron chi connectivity index (χ4n) is 1.54. The standard InChI is InChI=1S/C14H10F2N2/c1-9-2-7-12(15)14(13(9)16)18-11-5-3-10(8-17)4-6-11/h2-7,18H,1H3. The van der Waals surface area contributed by atoms with E-state index in [9.17, 15) is 8.78 Å². The number of nitriles is 1. The number of benzene rings is 2. The molecule has 2 aromatic carbocycles. The Balaban J connectivity index is 2.34. The molecule has 0 spiro atoms. The molecule has 2 rings (SSSR count). The molecule has 0 aliphatic heterocycles. The molecule has 0 aromatic heterocycles. The third-order valence-corrected chi connectivity index (χ3v) is 2.57. The van der Waals surface area contributed by atoms with Crippen LogP contribution in [-0.2, 0) is 0 Å². The van der Waals surface area contributed by atoms with E-state index in [2.05, 4.69) is 5.32 Å². The molecule has 0 aliphatic rings. The van der Waals surface area contributed by atoms with E-state index in [4.69, 9.17) is 5.26 Å². The summed E-state index contributed by atoms with van der Waals surface area (Å²) in [6, 6.07) is 10.9. The molecule has 0 unspecified atom stereocenters. The van der Waals surface area contributed by atoms with Crippen molar-refractivity contribution in [1.29, 1.82) is 5.26 Å². The minimum atomic E-state index is -0.651. The van der Waals surface area contributed by atoms with Gasteiger partial charge in [0, 0.05) is 5.69 Å². The maximum atomic E-state index is 13.7. The first-order chi connectivity index (χ1) is 8.61. The molecule has 0 atom stereocenters. The number of hydrogen-bond acceptors (Lipinski definition) is 2. The molecule has 0 aliphatic carbocycles. The molecule has 0 radical (unpaired) electrons. The van der Waals surface area contributed by atoms with Crippen molar-refractivity contribution in [1.82, 2.24) is 0 Å². The van der Waals surface area contributed by atoms with E-state index in [-0.39, 0.29) is 5.69 Å². The monoisotopic (exact) mass is 244 g/mol. The molecule has 90 valence electrons. The van der Waals surface area contributed by atoms with Gasteiger partial charge in [-0.1, -0.05) is 6.07 Å². The number of halogens is 2. The fourth-order valence-corrected chi connectivity index (χ4v) is 1.54. The summed E-state index contributed by atoms with van der Waals surface area (Å²) in [6.45, 7) is 1.57. The lowest BCUT2D eigenvalue weighted by Crippen LogP contribution is -1.99. The molecule has 4 heteroatoms. The van der Waals surface area contributed by atoms with Gasteiger partial charge in [-0.05, 0) is 42.8 Å². The number of hydrogen-bond donors (Lipinski definition) is 1. The van der Waals surface area contributed by atoms with Crippen LogP contribution in [-0.4, -0.2) is 0 Å². The molecule has 0 saturated carbocycles. The third-order valence-electron chi connectivity index (χ3n) is 2.57. The summed E-state index contributed by atoms with van der Waals surface area (Å²) in [5.74, 6) is -1.26. The zero-order valence-corrected chi connectivity index (χ0v) is 9.67. The number of aryl methyl sites for hydroxylation is 1. The van der Waals surface area contributed by atoms with Crippen LogP contribution in [0, 0.1) is 29.9 Å². The lowest BCUT2D eigenvalue weighted by molar-refractivity contribution is 0.585. The Hall–Kier alpha value is -2.41. The van der Waals surface area contributed by atoms with Crippen molar-refractivity contribution in [2.24, 2.45) is 0 Å². The molecule has 0 saturated heterocycles. The van der Waals surface area contributed by atoms with Crippen molar-refractivity contribution in [3.63, 3.8) is 0 Å². The van der Waals surface area contributed by atoms with Crippen LogP contribution in [0.15, 0.2) is 36.4 Å². The van der Waals surface area contributed by atoms with Crippen molar-refractivity contribution in [3.8, 4) is 6.07 Å². The first-order valence-electron chi connectivity index (χ1n) is 5.33. The second kappa shape index (κ2) is 4.84. The lowest BCUT2D eigenvalue weighted by Gasteiger charge is -2.10. The Bertz CT molecular complexity index is 613. The van der Waals surface area contributed by atoms with Crippen LogP contribution >= 0.6 is 0 Å². The maximum Gasteiger partial charge on any atom is 0.152 e. The van der Waals surface area contributed by atoms with Gasteiger partial charge in [0.05, 0.1) is 11.6 Å². The van der Waals surface area contributed by atoms with Gasteiger partial charge in [0.1, 0.15) is 11.5 Å². The van der Waals surface area contributed by atoms with Crippen molar-refractivity contribution in [2.75, 3.05) is 5.32 Å². The smallest absolute Gasteiger partial charge is 0.152 e. The summed E-state index contributed by atoms with van der Waals surface area (Å²) < 4.78 is 27.2. The number of nitrogens with zero attached hydrogens (tertiary/aromatic N) is 1. The van der Waals surface area contributed by atoms with E-state index in [1.165, 1.54) is 12.1 Å². The first-order valence-corrected chi connectivity index (χ1v) is 5.33. The predicted octanol–water partition coefficient (Wildman–Crippen LogP) is 3.89. The van der Waals surface area contributed by atoms with Gasteiger partial charge < -0.3 is 5.32 Å². The molecule has 2 aromatic rings. The Morgan fingerprint density at radius 3 is 2.33 bits per heavy atom. The highest BCUT2D eigenvalue weighted by Crippen LogP contribution is 2.25. The van der Waals surface area contributed by atoms with E-state index in [1.807, 2.05) is 6.07 Å². The largest absolute Gasteiger partial charge is 0.351 e. The van der Waals surface area contributed by atoms with Gasteiger partial charge in [0.25, 0.3) is 0 Å². The van der Waals surface area contributed by atoms with Gasteiger partial charge in [-0.3, -0.25) is 0 Å². The average molecular weight is 244 g/mol. The van der Waals surface area contributed by atoms with E-state index in [1.54, 1.807) is 31.2 Å². The van der Waals surface area contributed by atoms with Crippen LogP contribution < -0.4 is 5.32 Å². The Morgan fingerprint density at radius 2 is 1.72 bits per heavy atom. The molecule has 2 nitrogen and oxygen atoms in total. The van der Waals surface area contributed by atoms with Gasteiger partial charge >= 0.3 is 0 Å². The highest BCUT2D eigenvalue weighted by atomic mass is 19.1. The summed E-state index contributed by atoms with van der Waals surface area (Å²) in [7, 11) is 0. The second-order valence-corrected chi connectivity index (χ2v) is 3.87. The zero-order chi connectivity index (χ0) is 13.1. The predicted molar refractivity (Wildman–Crippen MR) is 65.5 cm³/mol. The van der Waals surface area contributed by atoms with Gasteiger partial charge in [-0.25, -0.2) is 8.78 Å². The second-order valence-electron chi connectivity index (χ2n) is 3.87. The molecule has 0 heterocycles. The van der Waals surface area contributed by atoms with Gasteiger partial charge in [-0.2, -0.15) is 5.26 Å². The highest BCUT2D eigenvalue weighted by molar-refractivity contribution is 5.62. The van der Waals surface area contributed by atoms with Crippen molar-refractivity contribution in [3.05, 3.63) is 59.2 Å². The summed E-state index contributed by atoms with van der Waals surface area (Å²) in [6.07, 6.45) is 0.